The number of nitrogens with two attached hydrogens (primary N) is 1. The molecule has 3 unspecified atom stereocenters. The van der Waals surface area contributed by atoms with Gasteiger partial charge in [-0.2, -0.15) is 5.10 Å². The summed E-state index contributed by atoms with van der Waals surface area (Å²) in [5.41, 5.74) is 7.77. The summed E-state index contributed by atoms with van der Waals surface area (Å²) in [6, 6.07) is 0.135. The number of likely N-dealkylation sites (tertiary alicyclic amines) is 1. The van der Waals surface area contributed by atoms with Gasteiger partial charge in [0, 0.05) is 13.1 Å². The predicted octanol–water partition coefficient (Wildman–Crippen LogP) is 1.04. The van der Waals surface area contributed by atoms with Gasteiger partial charge in [0.1, 0.15) is 11.0 Å². The predicted molar refractivity (Wildman–Crippen MR) is 91.4 cm³/mol. The Balaban J connectivity index is 2.10. The molecule has 6 nitrogen and oxygen atoms in total. The van der Waals surface area contributed by atoms with Crippen molar-refractivity contribution in [2.45, 2.75) is 45.3 Å². The van der Waals surface area contributed by atoms with Crippen LogP contribution in [0.15, 0.2) is 0 Å². The number of aromatic nitrogens is 2. The quantitative estimate of drug-likeness (QED) is 0.781. The minimum Gasteiger partial charge on any atom is -0.444 e. The van der Waals surface area contributed by atoms with Crippen LogP contribution in [-0.4, -0.2) is 39.5 Å². The van der Waals surface area contributed by atoms with E-state index in [2.05, 4.69) is 23.6 Å². The molecule has 1 aliphatic heterocycles. The standard InChI is InChI=1S/C13H24N4O2P2/c1-13(2,3)19-12(18)16-6-4-5-8(7-16)17-11(21)9(14)10(20)15-17/h8H,4-7,14,20-21H2,1-3H3. The Labute approximate surface area is 130 Å². The van der Waals surface area contributed by atoms with Gasteiger partial charge in [0.2, 0.25) is 0 Å². The van der Waals surface area contributed by atoms with Crippen LogP contribution in [0.2, 0.25) is 0 Å². The van der Waals surface area contributed by atoms with Crippen LogP contribution < -0.4 is 16.6 Å². The molecule has 0 saturated carbocycles. The second kappa shape index (κ2) is 6.10. The largest absolute Gasteiger partial charge is 0.444 e. The van der Waals surface area contributed by atoms with Gasteiger partial charge in [-0.1, -0.05) is 18.5 Å². The van der Waals surface area contributed by atoms with Crippen LogP contribution in [0.25, 0.3) is 0 Å². The number of piperidine rings is 1. The van der Waals surface area contributed by atoms with E-state index in [0.717, 1.165) is 30.3 Å². The highest BCUT2D eigenvalue weighted by Crippen LogP contribution is 2.23. The maximum atomic E-state index is 12.2. The van der Waals surface area contributed by atoms with E-state index in [1.807, 2.05) is 25.5 Å². The molecule has 2 rings (SSSR count). The van der Waals surface area contributed by atoms with E-state index in [0.29, 0.717) is 12.2 Å². The Morgan fingerprint density at radius 2 is 2.10 bits per heavy atom. The number of hydrogen-bond acceptors (Lipinski definition) is 4. The molecule has 0 radical (unpaired) electrons. The zero-order valence-corrected chi connectivity index (χ0v) is 15.1. The van der Waals surface area contributed by atoms with E-state index in [1.54, 1.807) is 4.90 Å². The number of ether oxygens (including phenoxy) is 1. The Bertz CT molecular complexity index is 539. The van der Waals surface area contributed by atoms with Crippen molar-refractivity contribution in [2.75, 3.05) is 18.8 Å². The SMILES string of the molecule is CC(C)(C)OC(=O)N1CCCC(n2nc(P)c(N)c2P)C1. The highest BCUT2D eigenvalue weighted by atomic mass is 31.0. The van der Waals surface area contributed by atoms with Gasteiger partial charge in [-0.25, -0.2) is 4.79 Å². The fourth-order valence-electron chi connectivity index (χ4n) is 2.40. The maximum absolute atomic E-state index is 12.2. The summed E-state index contributed by atoms with van der Waals surface area (Å²) in [4.78, 5) is 13.9. The molecule has 1 aromatic rings. The number of nitrogens with zero attached hydrogens (tertiary/aromatic N) is 3. The normalized spacial score (nSPS) is 19.7. The first kappa shape index (κ1) is 16.5. The summed E-state index contributed by atoms with van der Waals surface area (Å²) in [7, 11) is 5.17. The minimum atomic E-state index is -0.473. The molecular formula is C13H24N4O2P2. The zero-order valence-electron chi connectivity index (χ0n) is 12.8. The molecule has 1 aliphatic rings. The van der Waals surface area contributed by atoms with Gasteiger partial charge in [-0.3, -0.25) is 4.68 Å². The lowest BCUT2D eigenvalue weighted by molar-refractivity contribution is 0.0169. The molecule has 0 bridgehead atoms. The second-order valence-electron chi connectivity index (χ2n) is 6.35. The smallest absolute Gasteiger partial charge is 0.410 e. The first-order chi connectivity index (χ1) is 9.69. The number of anilines is 1. The summed E-state index contributed by atoms with van der Waals surface area (Å²) < 4.78 is 7.35. The van der Waals surface area contributed by atoms with Crippen molar-refractivity contribution in [3.63, 3.8) is 0 Å². The molecule has 8 heteroatoms. The van der Waals surface area contributed by atoms with Gasteiger partial charge in [0.05, 0.1) is 17.2 Å². The van der Waals surface area contributed by atoms with Crippen LogP contribution in [0, 0.1) is 0 Å². The van der Waals surface area contributed by atoms with Crippen LogP contribution in [0.5, 0.6) is 0 Å². The van der Waals surface area contributed by atoms with E-state index < -0.39 is 5.60 Å². The molecule has 2 N–H and O–H groups in total. The average molecular weight is 330 g/mol. The second-order valence-corrected chi connectivity index (χ2v) is 7.44. The Morgan fingerprint density at radius 1 is 1.43 bits per heavy atom. The molecule has 0 aliphatic carbocycles. The van der Waals surface area contributed by atoms with Crippen molar-refractivity contribution in [2.24, 2.45) is 0 Å². The number of hydrogen-bond donors (Lipinski definition) is 1. The van der Waals surface area contributed by atoms with E-state index in [4.69, 9.17) is 10.5 Å². The molecular weight excluding hydrogens is 306 g/mol. The lowest BCUT2D eigenvalue weighted by Gasteiger charge is -2.34. The highest BCUT2D eigenvalue weighted by molar-refractivity contribution is 7.30. The third-order valence-corrected chi connectivity index (χ3v) is 4.41. The van der Waals surface area contributed by atoms with Crippen molar-refractivity contribution >= 4 is 41.1 Å². The fourth-order valence-corrected chi connectivity index (χ4v) is 3.26. The molecule has 21 heavy (non-hydrogen) atoms. The number of amides is 1. The highest BCUT2D eigenvalue weighted by Gasteiger charge is 2.29. The van der Waals surface area contributed by atoms with E-state index in [1.165, 1.54) is 0 Å². The summed E-state index contributed by atoms with van der Waals surface area (Å²) in [5.74, 6) is 0. The van der Waals surface area contributed by atoms with Crippen molar-refractivity contribution in [3.05, 3.63) is 0 Å². The third-order valence-electron chi connectivity index (χ3n) is 3.41. The summed E-state index contributed by atoms with van der Waals surface area (Å²) in [5, 5.41) is 4.46. The number of nitrogen functional groups attached to an aromatic ring is 1. The van der Waals surface area contributed by atoms with E-state index in [-0.39, 0.29) is 12.1 Å². The molecule has 3 atom stereocenters. The van der Waals surface area contributed by atoms with Gasteiger partial charge >= 0.3 is 6.09 Å². The number of carbonyl (C=O) groups excluding carboxylic acids is 1. The van der Waals surface area contributed by atoms with Gasteiger partial charge in [0.15, 0.2) is 0 Å². The van der Waals surface area contributed by atoms with Crippen LogP contribution >= 0.6 is 18.5 Å². The lowest BCUT2D eigenvalue weighted by Crippen LogP contribution is -2.44. The first-order valence-electron chi connectivity index (χ1n) is 7.06. The van der Waals surface area contributed by atoms with Crippen molar-refractivity contribution in [1.82, 2.24) is 14.7 Å². The Hall–Kier alpha value is -0.860. The lowest BCUT2D eigenvalue weighted by atomic mass is 10.1. The Morgan fingerprint density at radius 3 is 2.62 bits per heavy atom. The molecule has 0 aromatic carbocycles. The number of carbonyl (C=O) groups is 1. The molecule has 1 amide bonds. The van der Waals surface area contributed by atoms with Crippen molar-refractivity contribution in [3.8, 4) is 0 Å². The Kier molecular flexibility index (Phi) is 4.79. The maximum Gasteiger partial charge on any atom is 0.410 e. The van der Waals surface area contributed by atoms with E-state index in [9.17, 15) is 4.79 Å². The molecule has 1 fully saturated rings. The minimum absolute atomic E-state index is 0.135. The zero-order chi connectivity index (χ0) is 15.8. The summed E-state index contributed by atoms with van der Waals surface area (Å²) in [6.45, 7) is 6.95. The first-order valence-corrected chi connectivity index (χ1v) is 8.21. The summed E-state index contributed by atoms with van der Waals surface area (Å²) >= 11 is 0. The monoisotopic (exact) mass is 330 g/mol. The number of rotatable bonds is 1. The average Bonchev–Trinajstić information content (AvgIpc) is 2.65. The van der Waals surface area contributed by atoms with Crippen LogP contribution in [0.3, 0.4) is 0 Å². The summed E-state index contributed by atoms with van der Waals surface area (Å²) in [6.07, 6.45) is 1.65. The van der Waals surface area contributed by atoms with Gasteiger partial charge in [-0.05, 0) is 33.6 Å². The molecule has 118 valence electrons. The van der Waals surface area contributed by atoms with E-state index >= 15 is 0 Å². The van der Waals surface area contributed by atoms with Gasteiger partial charge < -0.3 is 15.4 Å². The van der Waals surface area contributed by atoms with Crippen LogP contribution in [-0.2, 0) is 4.74 Å². The van der Waals surface area contributed by atoms with Crippen LogP contribution in [0.4, 0.5) is 10.5 Å². The molecule has 0 spiro atoms. The molecule has 2 heterocycles. The molecule has 1 saturated heterocycles. The van der Waals surface area contributed by atoms with Gasteiger partial charge in [-0.15, -0.1) is 0 Å². The van der Waals surface area contributed by atoms with Crippen molar-refractivity contribution in [1.29, 1.82) is 0 Å². The third kappa shape index (κ3) is 3.87. The van der Waals surface area contributed by atoms with Gasteiger partial charge in [0.25, 0.3) is 0 Å². The van der Waals surface area contributed by atoms with Crippen molar-refractivity contribution < 1.29 is 9.53 Å². The van der Waals surface area contributed by atoms with Crippen LogP contribution in [0.1, 0.15) is 39.7 Å². The topological polar surface area (TPSA) is 73.4 Å². The fraction of sp³-hybridized carbons (Fsp3) is 0.692. The molecule has 1 aromatic heterocycles.